The number of rotatable bonds is 6. The van der Waals surface area contributed by atoms with Gasteiger partial charge in [-0.05, 0) is 12.1 Å². The van der Waals surface area contributed by atoms with Crippen LogP contribution in [-0.2, 0) is 9.47 Å². The van der Waals surface area contributed by atoms with Crippen molar-refractivity contribution in [2.24, 2.45) is 0 Å². The van der Waals surface area contributed by atoms with Gasteiger partial charge in [0.05, 0.1) is 12.7 Å². The van der Waals surface area contributed by atoms with E-state index in [4.69, 9.17) is 9.47 Å². The highest BCUT2D eigenvalue weighted by Crippen LogP contribution is 2.14. The molecule has 1 aromatic heterocycles. The predicted octanol–water partition coefficient (Wildman–Crippen LogP) is 1.56. The number of hydrogen-bond donors (Lipinski definition) is 2. The van der Waals surface area contributed by atoms with E-state index in [0.29, 0.717) is 18.8 Å². The molecule has 0 spiro atoms. The lowest BCUT2D eigenvalue weighted by molar-refractivity contribution is 0.0285. The number of H-pyrrole nitrogens is 1. The molecular weight excluding hydrogens is 244 g/mol. The van der Waals surface area contributed by atoms with Gasteiger partial charge in [-0.25, -0.2) is 0 Å². The molecule has 0 bridgehead atoms. The van der Waals surface area contributed by atoms with Crippen LogP contribution in [0.4, 0.5) is 0 Å². The van der Waals surface area contributed by atoms with Crippen LogP contribution in [0.1, 0.15) is 10.5 Å². The van der Waals surface area contributed by atoms with E-state index in [1.165, 1.54) is 0 Å². The Morgan fingerprint density at radius 2 is 2.16 bits per heavy atom. The van der Waals surface area contributed by atoms with Crippen molar-refractivity contribution in [1.82, 2.24) is 10.3 Å². The number of aromatic nitrogens is 1. The Kier molecular flexibility index (Phi) is 4.54. The first-order chi connectivity index (χ1) is 9.24. The molecule has 2 rings (SSSR count). The van der Waals surface area contributed by atoms with Gasteiger partial charge in [0.25, 0.3) is 5.91 Å². The van der Waals surface area contributed by atoms with Crippen LogP contribution in [0.2, 0.25) is 0 Å². The molecule has 1 amide bonds. The molecule has 19 heavy (non-hydrogen) atoms. The first-order valence-electron chi connectivity index (χ1n) is 6.12. The highest BCUT2D eigenvalue weighted by atomic mass is 16.5. The van der Waals surface area contributed by atoms with E-state index >= 15 is 0 Å². The van der Waals surface area contributed by atoms with E-state index in [1.54, 1.807) is 14.2 Å². The zero-order valence-electron chi connectivity index (χ0n) is 11.1. The van der Waals surface area contributed by atoms with Crippen molar-refractivity contribution in [3.05, 3.63) is 36.0 Å². The maximum Gasteiger partial charge on any atom is 0.267 e. The topological polar surface area (TPSA) is 63.3 Å². The summed E-state index contributed by atoms with van der Waals surface area (Å²) in [6, 6.07) is 9.61. The van der Waals surface area contributed by atoms with Crippen molar-refractivity contribution in [3.8, 4) is 0 Å². The summed E-state index contributed by atoms with van der Waals surface area (Å²) in [7, 11) is 3.20. The lowest BCUT2D eigenvalue weighted by Crippen LogP contribution is -2.35. The first kappa shape index (κ1) is 13.6. The van der Waals surface area contributed by atoms with E-state index in [1.807, 2.05) is 30.3 Å². The molecule has 1 heterocycles. The summed E-state index contributed by atoms with van der Waals surface area (Å²) >= 11 is 0. The van der Waals surface area contributed by atoms with Gasteiger partial charge in [0, 0.05) is 31.7 Å². The van der Waals surface area contributed by atoms with Gasteiger partial charge in [0.15, 0.2) is 0 Å². The van der Waals surface area contributed by atoms with Gasteiger partial charge in [-0.2, -0.15) is 0 Å². The van der Waals surface area contributed by atoms with Crippen molar-refractivity contribution in [1.29, 1.82) is 0 Å². The van der Waals surface area contributed by atoms with Crippen LogP contribution in [-0.4, -0.2) is 44.4 Å². The zero-order chi connectivity index (χ0) is 13.7. The Hall–Kier alpha value is -1.85. The minimum absolute atomic E-state index is 0.140. The third-order valence-electron chi connectivity index (χ3n) is 2.95. The smallest absolute Gasteiger partial charge is 0.267 e. The van der Waals surface area contributed by atoms with Crippen molar-refractivity contribution < 1.29 is 14.3 Å². The third kappa shape index (κ3) is 3.33. The molecule has 102 valence electrons. The monoisotopic (exact) mass is 262 g/mol. The summed E-state index contributed by atoms with van der Waals surface area (Å²) in [5.74, 6) is -0.144. The molecule has 0 fully saturated rings. The fourth-order valence-electron chi connectivity index (χ4n) is 1.89. The molecule has 5 heteroatoms. The van der Waals surface area contributed by atoms with Crippen LogP contribution in [0.25, 0.3) is 10.9 Å². The minimum atomic E-state index is -0.144. The molecule has 1 atom stereocenters. The quantitative estimate of drug-likeness (QED) is 0.830. The van der Waals surface area contributed by atoms with Crippen LogP contribution >= 0.6 is 0 Å². The number of amides is 1. The largest absolute Gasteiger partial charge is 0.382 e. The molecular formula is C14H18N2O3. The van der Waals surface area contributed by atoms with E-state index in [9.17, 15) is 4.79 Å². The number of benzene rings is 1. The summed E-state index contributed by atoms with van der Waals surface area (Å²) in [4.78, 5) is 15.1. The minimum Gasteiger partial charge on any atom is -0.382 e. The van der Waals surface area contributed by atoms with Crippen LogP contribution in [0.5, 0.6) is 0 Å². The van der Waals surface area contributed by atoms with E-state index < -0.39 is 0 Å². The average molecular weight is 262 g/mol. The molecule has 5 nitrogen and oxygen atoms in total. The third-order valence-corrected chi connectivity index (χ3v) is 2.95. The molecule has 0 aliphatic rings. The van der Waals surface area contributed by atoms with Crippen LogP contribution in [0.15, 0.2) is 30.3 Å². The number of hydrogen-bond acceptors (Lipinski definition) is 3. The van der Waals surface area contributed by atoms with Crippen molar-refractivity contribution >= 4 is 16.8 Å². The molecule has 0 saturated carbocycles. The average Bonchev–Trinajstić information content (AvgIpc) is 2.87. The number of carbonyl (C=O) groups is 1. The SMILES string of the molecule is COCC(CNC(=O)c1cc2ccccc2[nH]1)OC. The van der Waals surface area contributed by atoms with Gasteiger partial charge < -0.3 is 19.8 Å². The highest BCUT2D eigenvalue weighted by Gasteiger charge is 2.12. The van der Waals surface area contributed by atoms with Crippen LogP contribution in [0, 0.1) is 0 Å². The van der Waals surface area contributed by atoms with Gasteiger partial charge in [0.2, 0.25) is 0 Å². The highest BCUT2D eigenvalue weighted by molar-refractivity contribution is 5.97. The number of carbonyl (C=O) groups excluding carboxylic acids is 1. The van der Waals surface area contributed by atoms with Gasteiger partial charge in [-0.1, -0.05) is 18.2 Å². The number of para-hydroxylation sites is 1. The van der Waals surface area contributed by atoms with Crippen molar-refractivity contribution in [3.63, 3.8) is 0 Å². The Balaban J connectivity index is 1.99. The van der Waals surface area contributed by atoms with Crippen LogP contribution < -0.4 is 5.32 Å². The number of nitrogens with one attached hydrogen (secondary N) is 2. The van der Waals surface area contributed by atoms with Gasteiger partial charge in [0.1, 0.15) is 5.69 Å². The molecule has 0 saturated heterocycles. The summed E-state index contributed by atoms with van der Waals surface area (Å²) in [5.41, 5.74) is 1.50. The number of ether oxygens (including phenoxy) is 2. The fraction of sp³-hybridized carbons (Fsp3) is 0.357. The van der Waals surface area contributed by atoms with E-state index in [2.05, 4.69) is 10.3 Å². The second-order valence-corrected chi connectivity index (χ2v) is 4.29. The van der Waals surface area contributed by atoms with Crippen molar-refractivity contribution in [2.75, 3.05) is 27.4 Å². The van der Waals surface area contributed by atoms with E-state index in [-0.39, 0.29) is 12.0 Å². The molecule has 1 aromatic carbocycles. The first-order valence-corrected chi connectivity index (χ1v) is 6.12. The van der Waals surface area contributed by atoms with Crippen LogP contribution in [0.3, 0.4) is 0 Å². The van der Waals surface area contributed by atoms with Gasteiger partial charge in [-0.3, -0.25) is 4.79 Å². The van der Waals surface area contributed by atoms with Gasteiger partial charge in [-0.15, -0.1) is 0 Å². The normalized spacial score (nSPS) is 12.5. The number of methoxy groups -OCH3 is 2. The summed E-state index contributed by atoms with van der Waals surface area (Å²) in [6.45, 7) is 0.863. The Labute approximate surface area is 111 Å². The Morgan fingerprint density at radius 3 is 2.84 bits per heavy atom. The fourth-order valence-corrected chi connectivity index (χ4v) is 1.89. The molecule has 0 radical (unpaired) electrons. The Bertz CT molecular complexity index is 517. The number of aromatic amines is 1. The second kappa shape index (κ2) is 6.36. The molecule has 2 aromatic rings. The van der Waals surface area contributed by atoms with Crippen molar-refractivity contribution in [2.45, 2.75) is 6.10 Å². The summed E-state index contributed by atoms with van der Waals surface area (Å²) < 4.78 is 10.2. The Morgan fingerprint density at radius 1 is 1.37 bits per heavy atom. The summed E-state index contributed by atoms with van der Waals surface area (Å²) in [5, 5.41) is 3.84. The number of fused-ring (bicyclic) bond motifs is 1. The lowest BCUT2D eigenvalue weighted by Gasteiger charge is -2.14. The standard InChI is InChI=1S/C14H18N2O3/c1-18-9-11(19-2)8-15-14(17)13-7-10-5-3-4-6-12(10)16-13/h3-7,11,16H,8-9H2,1-2H3,(H,15,17). The van der Waals surface area contributed by atoms with E-state index in [0.717, 1.165) is 10.9 Å². The maximum absolute atomic E-state index is 12.0. The predicted molar refractivity (Wildman–Crippen MR) is 73.3 cm³/mol. The molecule has 0 aliphatic heterocycles. The molecule has 0 aliphatic carbocycles. The second-order valence-electron chi connectivity index (χ2n) is 4.29. The lowest BCUT2D eigenvalue weighted by atomic mass is 10.2. The zero-order valence-corrected chi connectivity index (χ0v) is 11.1. The maximum atomic E-state index is 12.0. The van der Waals surface area contributed by atoms with Gasteiger partial charge >= 0.3 is 0 Å². The summed E-state index contributed by atoms with van der Waals surface area (Å²) in [6.07, 6.45) is -0.140. The molecule has 2 N–H and O–H groups in total. The molecule has 1 unspecified atom stereocenters.